The van der Waals surface area contributed by atoms with Gasteiger partial charge < -0.3 is 10.8 Å². The molecule has 0 aromatic heterocycles. The second kappa shape index (κ2) is 6.42. The number of fused-ring (bicyclic) bond motifs is 5. The second-order valence-electron chi connectivity index (χ2n) is 10.0. The van der Waals surface area contributed by atoms with Crippen molar-refractivity contribution in [1.29, 1.82) is 0 Å². The minimum absolute atomic E-state index is 0. The summed E-state index contributed by atoms with van der Waals surface area (Å²) in [4.78, 5) is 11.9. The van der Waals surface area contributed by atoms with Crippen molar-refractivity contribution in [2.45, 2.75) is 66.3 Å². The van der Waals surface area contributed by atoms with Crippen LogP contribution >= 0.6 is 0 Å². The van der Waals surface area contributed by atoms with Crippen LogP contribution in [0.15, 0.2) is 36.0 Å². The van der Waals surface area contributed by atoms with Gasteiger partial charge in [0.05, 0.1) is 6.61 Å². The number of rotatable bonds is 2. The van der Waals surface area contributed by atoms with Gasteiger partial charge in [-0.05, 0) is 78.4 Å². The summed E-state index contributed by atoms with van der Waals surface area (Å²) >= 11 is 0. The first-order valence-corrected chi connectivity index (χ1v) is 10.1. The molecule has 3 fully saturated rings. The normalized spacial score (nSPS) is 48.0. The van der Waals surface area contributed by atoms with E-state index in [0.29, 0.717) is 17.8 Å². The minimum atomic E-state index is -0.103. The highest BCUT2D eigenvalue weighted by Gasteiger charge is 2.66. The first-order chi connectivity index (χ1) is 12.2. The van der Waals surface area contributed by atoms with Crippen LogP contribution in [0.4, 0.5) is 0 Å². The lowest BCUT2D eigenvalue weighted by Gasteiger charge is -2.65. The maximum Gasteiger partial charge on any atom is 0.178 e. The zero-order valence-electron chi connectivity index (χ0n) is 16.4. The van der Waals surface area contributed by atoms with Crippen molar-refractivity contribution in [1.82, 2.24) is 0 Å². The molecule has 27 heavy (non-hydrogen) atoms. The summed E-state index contributed by atoms with van der Waals surface area (Å²) in [5, 5.41) is 9.70. The largest absolute Gasteiger partial charge is 0.392 e. The number of carbonyl (C=O) groups is 1. The van der Waals surface area contributed by atoms with E-state index in [-0.39, 0.29) is 42.1 Å². The van der Waals surface area contributed by atoms with E-state index in [1.807, 2.05) is 6.08 Å². The summed E-state index contributed by atoms with van der Waals surface area (Å²) in [7, 11) is 0. The number of nitrogens with two attached hydrogens (primary N) is 1. The molecule has 0 radical (unpaired) electrons. The van der Waals surface area contributed by atoms with Crippen LogP contribution in [0.25, 0.3) is 0 Å². The number of aliphatic hydroxyl groups is 1. The Morgan fingerprint density at radius 2 is 2.00 bits per heavy atom. The van der Waals surface area contributed by atoms with Crippen molar-refractivity contribution in [3.63, 3.8) is 0 Å². The van der Waals surface area contributed by atoms with Gasteiger partial charge in [0.1, 0.15) is 0 Å². The summed E-state index contributed by atoms with van der Waals surface area (Å²) in [5.41, 5.74) is 9.35. The van der Waals surface area contributed by atoms with Gasteiger partial charge in [0.2, 0.25) is 0 Å². The molecule has 4 aliphatic carbocycles. The van der Waals surface area contributed by atoms with Gasteiger partial charge in [0.15, 0.2) is 5.78 Å². The highest BCUT2D eigenvalue weighted by atomic mass is 16.3. The van der Waals surface area contributed by atoms with Gasteiger partial charge in [-0.3, -0.25) is 4.79 Å². The SMILES string of the molecule is C.C=C(CO)C1CCC2C1(C)CC(N)C1C3(C)C=CC(=O)C=C3CCC12C. The molecule has 3 N–H and O–H groups in total. The Kier molecular flexibility index (Phi) is 4.88. The van der Waals surface area contributed by atoms with Gasteiger partial charge in [0, 0.05) is 11.5 Å². The molecule has 0 amide bonds. The van der Waals surface area contributed by atoms with Crippen LogP contribution < -0.4 is 5.73 Å². The highest BCUT2D eigenvalue weighted by Crippen LogP contribution is 2.71. The van der Waals surface area contributed by atoms with Crippen molar-refractivity contribution in [3.05, 3.63) is 36.0 Å². The molecule has 0 saturated heterocycles. The average Bonchev–Trinajstić information content (AvgIpc) is 2.92. The lowest BCUT2D eigenvalue weighted by molar-refractivity contribution is -0.116. The van der Waals surface area contributed by atoms with Crippen molar-refractivity contribution < 1.29 is 9.90 Å². The smallest absolute Gasteiger partial charge is 0.178 e. The predicted octanol–water partition coefficient (Wildman–Crippen LogP) is 4.42. The molecule has 7 atom stereocenters. The molecule has 4 rings (SSSR count). The van der Waals surface area contributed by atoms with Crippen LogP contribution in [-0.4, -0.2) is 23.5 Å². The highest BCUT2D eigenvalue weighted by molar-refractivity contribution is 6.01. The lowest BCUT2D eigenvalue weighted by atomic mass is 9.40. The number of hydrogen-bond acceptors (Lipinski definition) is 3. The van der Waals surface area contributed by atoms with E-state index < -0.39 is 0 Å². The van der Waals surface area contributed by atoms with Crippen molar-refractivity contribution in [2.75, 3.05) is 6.61 Å². The van der Waals surface area contributed by atoms with Gasteiger partial charge in [-0.2, -0.15) is 0 Å². The van der Waals surface area contributed by atoms with Crippen LogP contribution in [0.2, 0.25) is 0 Å². The maximum absolute atomic E-state index is 11.9. The standard InChI is InChI=1S/C23H33NO2.CH4/c1-14(13-25)17-5-6-19-22(3)9-7-15-11-16(26)8-10-21(15,2)20(22)18(24)12-23(17,19)4;/h8,10-11,17-20,25H,1,5-7,9,12-13,24H2,2-4H3;1H4. The summed E-state index contributed by atoms with van der Waals surface area (Å²) < 4.78 is 0. The second-order valence-corrected chi connectivity index (χ2v) is 10.0. The Morgan fingerprint density at radius 3 is 2.67 bits per heavy atom. The van der Waals surface area contributed by atoms with E-state index >= 15 is 0 Å². The van der Waals surface area contributed by atoms with E-state index in [4.69, 9.17) is 5.73 Å². The van der Waals surface area contributed by atoms with Gasteiger partial charge in [-0.1, -0.05) is 46.4 Å². The van der Waals surface area contributed by atoms with Gasteiger partial charge in [-0.15, -0.1) is 0 Å². The van der Waals surface area contributed by atoms with Crippen LogP contribution in [-0.2, 0) is 4.79 Å². The summed E-state index contributed by atoms with van der Waals surface area (Å²) in [6, 6.07) is 0.0971. The number of ketones is 1. The van der Waals surface area contributed by atoms with Gasteiger partial charge in [-0.25, -0.2) is 0 Å². The first-order valence-electron chi connectivity index (χ1n) is 10.1. The minimum Gasteiger partial charge on any atom is -0.392 e. The monoisotopic (exact) mass is 371 g/mol. The quantitative estimate of drug-likeness (QED) is 0.706. The summed E-state index contributed by atoms with van der Waals surface area (Å²) in [6.07, 6.45) is 11.1. The third-order valence-corrected chi connectivity index (χ3v) is 8.82. The van der Waals surface area contributed by atoms with Crippen molar-refractivity contribution >= 4 is 5.78 Å². The Balaban J connectivity index is 0.00000210. The number of hydrogen-bond donors (Lipinski definition) is 2. The van der Waals surface area contributed by atoms with E-state index in [9.17, 15) is 9.90 Å². The van der Waals surface area contributed by atoms with Crippen LogP contribution in [0.1, 0.15) is 60.3 Å². The van der Waals surface area contributed by atoms with Gasteiger partial charge >= 0.3 is 0 Å². The Labute approximate surface area is 164 Å². The Morgan fingerprint density at radius 1 is 1.30 bits per heavy atom. The third kappa shape index (κ3) is 2.57. The molecule has 150 valence electrons. The molecule has 0 spiro atoms. The number of allylic oxidation sites excluding steroid dienone is 4. The van der Waals surface area contributed by atoms with Crippen LogP contribution in [0.5, 0.6) is 0 Å². The molecular formula is C24H37NO2. The first kappa shape index (κ1) is 20.5. The Hall–Kier alpha value is -1.19. The van der Waals surface area contributed by atoms with Crippen molar-refractivity contribution in [2.24, 2.45) is 39.7 Å². The average molecular weight is 372 g/mol. The summed E-state index contributed by atoms with van der Waals surface area (Å²) in [5.74, 6) is 1.45. The zero-order chi connectivity index (χ0) is 18.9. The topological polar surface area (TPSA) is 63.3 Å². The van der Waals surface area contributed by atoms with E-state index in [0.717, 1.165) is 31.3 Å². The van der Waals surface area contributed by atoms with Crippen LogP contribution in [0.3, 0.4) is 0 Å². The molecule has 3 heteroatoms. The third-order valence-electron chi connectivity index (χ3n) is 8.82. The molecule has 0 heterocycles. The summed E-state index contributed by atoms with van der Waals surface area (Å²) in [6.45, 7) is 11.4. The molecule has 7 unspecified atom stereocenters. The van der Waals surface area contributed by atoms with E-state index in [1.165, 1.54) is 12.0 Å². The Bertz CT molecular complexity index is 722. The fraction of sp³-hybridized carbons (Fsp3) is 0.708. The molecular weight excluding hydrogens is 334 g/mol. The molecule has 0 aliphatic heterocycles. The predicted molar refractivity (Wildman–Crippen MR) is 111 cm³/mol. The fourth-order valence-electron chi connectivity index (χ4n) is 7.96. The molecule has 3 nitrogen and oxygen atoms in total. The number of carbonyl (C=O) groups excluding carboxylic acids is 1. The van der Waals surface area contributed by atoms with E-state index in [1.54, 1.807) is 6.08 Å². The molecule has 0 aromatic carbocycles. The molecule has 0 aromatic rings. The maximum atomic E-state index is 11.9. The van der Waals surface area contributed by atoms with E-state index in [2.05, 4.69) is 33.4 Å². The van der Waals surface area contributed by atoms with Gasteiger partial charge in [0.25, 0.3) is 0 Å². The molecule has 0 bridgehead atoms. The number of aliphatic hydroxyl groups excluding tert-OH is 1. The zero-order valence-corrected chi connectivity index (χ0v) is 16.4. The lowest BCUT2D eigenvalue weighted by Crippen LogP contribution is -2.63. The fourth-order valence-corrected chi connectivity index (χ4v) is 7.96. The molecule has 3 saturated carbocycles. The molecule has 4 aliphatic rings. The van der Waals surface area contributed by atoms with Crippen molar-refractivity contribution in [3.8, 4) is 0 Å². The van der Waals surface area contributed by atoms with Crippen LogP contribution in [0, 0.1) is 34.0 Å².